The van der Waals surface area contributed by atoms with E-state index in [1.807, 2.05) is 0 Å². The number of carbonyl (C=O) groups excluding carboxylic acids is 2. The van der Waals surface area contributed by atoms with Crippen LogP contribution in [0.3, 0.4) is 0 Å². The average Bonchev–Trinajstić information content (AvgIpc) is 2.69. The number of rotatable bonds is 19. The standard InChI is InChI=1S/C23H42O6/c1-4-6-8-10-12-14-16-28-21(24)18-20(22(25)26)19(3)23(27)29-17-15-13-11-9-7-5-2/h19-20H,4-18H2,1-3H3,(H,25,26). The average molecular weight is 415 g/mol. The zero-order valence-corrected chi connectivity index (χ0v) is 18.7. The van der Waals surface area contributed by atoms with E-state index in [1.165, 1.54) is 45.4 Å². The topological polar surface area (TPSA) is 89.9 Å². The molecule has 0 radical (unpaired) electrons. The molecule has 0 aliphatic rings. The van der Waals surface area contributed by atoms with Crippen molar-refractivity contribution in [1.29, 1.82) is 0 Å². The lowest BCUT2D eigenvalue weighted by atomic mass is 9.91. The molecular weight excluding hydrogens is 372 g/mol. The van der Waals surface area contributed by atoms with Crippen molar-refractivity contribution in [3.8, 4) is 0 Å². The van der Waals surface area contributed by atoms with Gasteiger partial charge >= 0.3 is 17.9 Å². The normalized spacial score (nSPS) is 12.9. The summed E-state index contributed by atoms with van der Waals surface area (Å²) in [5.41, 5.74) is 0. The van der Waals surface area contributed by atoms with Gasteiger partial charge in [-0.15, -0.1) is 0 Å². The quantitative estimate of drug-likeness (QED) is 0.221. The largest absolute Gasteiger partial charge is 0.481 e. The molecule has 1 N–H and O–H groups in total. The third-order valence-electron chi connectivity index (χ3n) is 5.18. The minimum absolute atomic E-state index is 0.296. The van der Waals surface area contributed by atoms with Crippen LogP contribution in [0.2, 0.25) is 0 Å². The summed E-state index contributed by atoms with van der Waals surface area (Å²) in [5, 5.41) is 9.41. The molecule has 0 aliphatic carbocycles. The maximum absolute atomic E-state index is 12.2. The van der Waals surface area contributed by atoms with Gasteiger partial charge in [-0.3, -0.25) is 14.4 Å². The van der Waals surface area contributed by atoms with Crippen LogP contribution in [0.1, 0.15) is 104 Å². The van der Waals surface area contributed by atoms with Gasteiger partial charge in [0.15, 0.2) is 0 Å². The van der Waals surface area contributed by atoms with Crippen LogP contribution in [-0.4, -0.2) is 36.2 Å². The van der Waals surface area contributed by atoms with E-state index in [2.05, 4.69) is 13.8 Å². The van der Waals surface area contributed by atoms with Gasteiger partial charge in [-0.1, -0.05) is 85.0 Å². The van der Waals surface area contributed by atoms with Crippen molar-refractivity contribution in [2.45, 2.75) is 104 Å². The molecule has 170 valence electrons. The number of esters is 2. The van der Waals surface area contributed by atoms with Crippen LogP contribution in [0.15, 0.2) is 0 Å². The molecule has 0 rings (SSSR count). The Morgan fingerprint density at radius 3 is 1.66 bits per heavy atom. The van der Waals surface area contributed by atoms with Crippen LogP contribution in [0.25, 0.3) is 0 Å². The molecule has 29 heavy (non-hydrogen) atoms. The fraction of sp³-hybridized carbons (Fsp3) is 0.870. The third-order valence-corrected chi connectivity index (χ3v) is 5.18. The summed E-state index contributed by atoms with van der Waals surface area (Å²) in [6, 6.07) is 0. The minimum Gasteiger partial charge on any atom is -0.481 e. The first-order valence-electron chi connectivity index (χ1n) is 11.5. The molecule has 2 atom stereocenters. The summed E-state index contributed by atoms with van der Waals surface area (Å²) < 4.78 is 10.4. The van der Waals surface area contributed by atoms with Gasteiger partial charge in [-0.2, -0.15) is 0 Å². The van der Waals surface area contributed by atoms with Crippen LogP contribution in [-0.2, 0) is 23.9 Å². The highest BCUT2D eigenvalue weighted by atomic mass is 16.5. The fourth-order valence-electron chi connectivity index (χ4n) is 3.14. The first-order valence-corrected chi connectivity index (χ1v) is 11.5. The van der Waals surface area contributed by atoms with Crippen LogP contribution in [0.4, 0.5) is 0 Å². The Labute approximate surface area is 176 Å². The van der Waals surface area contributed by atoms with Gasteiger partial charge in [-0.25, -0.2) is 0 Å². The van der Waals surface area contributed by atoms with Crippen molar-refractivity contribution in [2.75, 3.05) is 13.2 Å². The van der Waals surface area contributed by atoms with Crippen LogP contribution in [0, 0.1) is 11.8 Å². The van der Waals surface area contributed by atoms with Gasteiger partial charge in [0.25, 0.3) is 0 Å². The maximum Gasteiger partial charge on any atom is 0.309 e. The van der Waals surface area contributed by atoms with E-state index >= 15 is 0 Å². The summed E-state index contributed by atoms with van der Waals surface area (Å²) >= 11 is 0. The molecule has 0 saturated heterocycles. The summed E-state index contributed by atoms with van der Waals surface area (Å²) in [4.78, 5) is 35.6. The zero-order chi connectivity index (χ0) is 21.9. The van der Waals surface area contributed by atoms with Gasteiger partial charge < -0.3 is 14.6 Å². The lowest BCUT2D eigenvalue weighted by Gasteiger charge is -2.18. The van der Waals surface area contributed by atoms with Gasteiger partial charge in [0.2, 0.25) is 0 Å². The number of hydrogen-bond donors (Lipinski definition) is 1. The van der Waals surface area contributed by atoms with E-state index in [4.69, 9.17) is 9.47 Å². The minimum atomic E-state index is -1.18. The summed E-state index contributed by atoms with van der Waals surface area (Å²) in [5.74, 6) is -4.31. The Morgan fingerprint density at radius 2 is 1.17 bits per heavy atom. The number of carboxylic acids is 1. The highest BCUT2D eigenvalue weighted by molar-refractivity contribution is 5.84. The smallest absolute Gasteiger partial charge is 0.309 e. The molecule has 0 aromatic carbocycles. The molecule has 0 bridgehead atoms. The Hall–Kier alpha value is -1.59. The Bertz CT molecular complexity index is 449. The van der Waals surface area contributed by atoms with Gasteiger partial charge in [0, 0.05) is 0 Å². The van der Waals surface area contributed by atoms with E-state index < -0.39 is 29.7 Å². The molecule has 0 amide bonds. The SMILES string of the molecule is CCCCCCCCOC(=O)CC(C(=O)O)C(C)C(=O)OCCCCCCCC. The second-order valence-corrected chi connectivity index (χ2v) is 7.86. The van der Waals surface area contributed by atoms with Crippen molar-refractivity contribution in [1.82, 2.24) is 0 Å². The molecule has 0 aliphatic heterocycles. The van der Waals surface area contributed by atoms with Gasteiger partial charge in [0.1, 0.15) is 0 Å². The van der Waals surface area contributed by atoms with Crippen molar-refractivity contribution < 1.29 is 29.0 Å². The molecule has 6 nitrogen and oxygen atoms in total. The number of unbranched alkanes of at least 4 members (excludes halogenated alkanes) is 10. The number of carboxylic acid groups (broad SMARTS) is 1. The first kappa shape index (κ1) is 27.4. The lowest BCUT2D eigenvalue weighted by molar-refractivity contribution is -0.160. The monoisotopic (exact) mass is 414 g/mol. The molecule has 0 aromatic rings. The molecule has 6 heteroatoms. The predicted molar refractivity (Wildman–Crippen MR) is 114 cm³/mol. The number of aliphatic carboxylic acids is 1. The predicted octanol–water partition coefficient (Wildman–Crippen LogP) is 5.52. The first-order chi connectivity index (χ1) is 13.9. The summed E-state index contributed by atoms with van der Waals surface area (Å²) in [7, 11) is 0. The Morgan fingerprint density at radius 1 is 0.724 bits per heavy atom. The molecular formula is C23H42O6. The Kier molecular flexibility index (Phi) is 17.4. The van der Waals surface area contributed by atoms with E-state index in [0.29, 0.717) is 13.2 Å². The van der Waals surface area contributed by atoms with Crippen LogP contribution < -0.4 is 0 Å². The highest BCUT2D eigenvalue weighted by Crippen LogP contribution is 2.19. The molecule has 0 spiro atoms. The molecule has 0 fully saturated rings. The van der Waals surface area contributed by atoms with Crippen LogP contribution in [0.5, 0.6) is 0 Å². The zero-order valence-electron chi connectivity index (χ0n) is 18.7. The number of carbonyl (C=O) groups is 3. The summed E-state index contributed by atoms with van der Waals surface area (Å²) in [6.07, 6.45) is 12.6. The second-order valence-electron chi connectivity index (χ2n) is 7.86. The van der Waals surface area contributed by atoms with E-state index in [0.717, 1.165) is 38.5 Å². The van der Waals surface area contributed by atoms with Crippen molar-refractivity contribution in [3.63, 3.8) is 0 Å². The van der Waals surface area contributed by atoms with Crippen molar-refractivity contribution >= 4 is 17.9 Å². The number of hydrogen-bond acceptors (Lipinski definition) is 5. The molecule has 0 saturated carbocycles. The second kappa shape index (κ2) is 18.4. The van der Waals surface area contributed by atoms with E-state index in [1.54, 1.807) is 0 Å². The third kappa shape index (κ3) is 15.0. The number of ether oxygens (including phenoxy) is 2. The lowest BCUT2D eigenvalue weighted by Crippen LogP contribution is -2.31. The summed E-state index contributed by atoms with van der Waals surface area (Å²) in [6.45, 7) is 6.42. The van der Waals surface area contributed by atoms with Crippen LogP contribution >= 0.6 is 0 Å². The maximum atomic E-state index is 12.2. The van der Waals surface area contributed by atoms with E-state index in [9.17, 15) is 19.5 Å². The van der Waals surface area contributed by atoms with Crippen molar-refractivity contribution in [2.24, 2.45) is 11.8 Å². The van der Waals surface area contributed by atoms with E-state index in [-0.39, 0.29) is 6.42 Å². The van der Waals surface area contributed by atoms with Gasteiger partial charge in [0.05, 0.1) is 31.5 Å². The van der Waals surface area contributed by atoms with Gasteiger partial charge in [-0.05, 0) is 12.8 Å². The molecule has 0 heterocycles. The van der Waals surface area contributed by atoms with Crippen molar-refractivity contribution in [3.05, 3.63) is 0 Å². The highest BCUT2D eigenvalue weighted by Gasteiger charge is 2.33. The Balaban J connectivity index is 4.11. The fourth-order valence-corrected chi connectivity index (χ4v) is 3.14. The molecule has 2 unspecified atom stereocenters. The molecule has 0 aromatic heterocycles.